The van der Waals surface area contributed by atoms with E-state index in [0.29, 0.717) is 5.92 Å². The molecule has 2 aliphatic rings. The Hall–Kier alpha value is -0.890. The molecular formula is C14H18FN. The van der Waals surface area contributed by atoms with Gasteiger partial charge in [-0.1, -0.05) is 6.07 Å². The van der Waals surface area contributed by atoms with Gasteiger partial charge in [-0.05, 0) is 67.2 Å². The molecule has 3 unspecified atom stereocenters. The summed E-state index contributed by atoms with van der Waals surface area (Å²) in [7, 11) is 0. The molecule has 2 heteroatoms. The van der Waals surface area contributed by atoms with E-state index in [2.05, 4.69) is 0 Å². The molecule has 1 nitrogen and oxygen atoms in total. The molecule has 16 heavy (non-hydrogen) atoms. The molecular weight excluding hydrogens is 201 g/mol. The molecule has 0 aromatic heterocycles. The molecule has 3 rings (SSSR count). The lowest BCUT2D eigenvalue weighted by atomic mass is 9.88. The van der Waals surface area contributed by atoms with E-state index < -0.39 is 0 Å². The first-order valence-corrected chi connectivity index (χ1v) is 6.17. The van der Waals surface area contributed by atoms with Crippen LogP contribution in [0.4, 0.5) is 4.39 Å². The van der Waals surface area contributed by atoms with E-state index in [9.17, 15) is 4.39 Å². The summed E-state index contributed by atoms with van der Waals surface area (Å²) in [4.78, 5) is 0. The second-order valence-corrected chi connectivity index (χ2v) is 5.51. The number of halogens is 1. The number of nitrogens with two attached hydrogens (primary N) is 1. The maximum absolute atomic E-state index is 13.2. The minimum atomic E-state index is -0.167. The Bertz CT molecular complexity index is 405. The van der Waals surface area contributed by atoms with E-state index in [4.69, 9.17) is 5.73 Å². The zero-order valence-corrected chi connectivity index (χ0v) is 9.62. The molecule has 3 atom stereocenters. The summed E-state index contributed by atoms with van der Waals surface area (Å²) >= 11 is 0. The van der Waals surface area contributed by atoms with E-state index in [1.54, 1.807) is 6.07 Å². The predicted octanol–water partition coefficient (Wildman–Crippen LogP) is 3.18. The topological polar surface area (TPSA) is 26.0 Å². The number of aryl methyl sites for hydroxylation is 1. The molecule has 0 saturated heterocycles. The Balaban J connectivity index is 1.82. The summed E-state index contributed by atoms with van der Waals surface area (Å²) in [6.45, 7) is 2.02. The van der Waals surface area contributed by atoms with Gasteiger partial charge >= 0.3 is 0 Å². The largest absolute Gasteiger partial charge is 0.324 e. The number of hydrogen-bond donors (Lipinski definition) is 1. The van der Waals surface area contributed by atoms with Crippen molar-refractivity contribution in [2.75, 3.05) is 0 Å². The van der Waals surface area contributed by atoms with Crippen LogP contribution in [0, 0.1) is 30.5 Å². The van der Waals surface area contributed by atoms with Gasteiger partial charge < -0.3 is 5.73 Å². The van der Waals surface area contributed by atoms with Crippen LogP contribution in [0.5, 0.6) is 0 Å². The van der Waals surface area contributed by atoms with Gasteiger partial charge in [0.05, 0.1) is 0 Å². The molecule has 0 bridgehead atoms. The van der Waals surface area contributed by atoms with E-state index in [-0.39, 0.29) is 11.9 Å². The van der Waals surface area contributed by atoms with Crippen LogP contribution in [-0.4, -0.2) is 0 Å². The molecule has 0 heterocycles. The summed E-state index contributed by atoms with van der Waals surface area (Å²) in [6.07, 6.45) is 3.91. The van der Waals surface area contributed by atoms with E-state index in [1.807, 2.05) is 13.0 Å². The Morgan fingerprint density at radius 3 is 2.62 bits per heavy atom. The van der Waals surface area contributed by atoms with Crippen LogP contribution >= 0.6 is 0 Å². The average Bonchev–Trinajstić information content (AvgIpc) is 2.88. The minimum Gasteiger partial charge on any atom is -0.324 e. The van der Waals surface area contributed by atoms with Crippen LogP contribution in [0.25, 0.3) is 0 Å². The lowest BCUT2D eigenvalue weighted by Crippen LogP contribution is -2.21. The second kappa shape index (κ2) is 3.56. The van der Waals surface area contributed by atoms with Gasteiger partial charge in [-0.2, -0.15) is 0 Å². The summed E-state index contributed by atoms with van der Waals surface area (Å²) < 4.78 is 13.2. The fourth-order valence-electron chi connectivity index (χ4n) is 3.28. The minimum absolute atomic E-state index is 0.0310. The summed E-state index contributed by atoms with van der Waals surface area (Å²) in [6, 6.07) is 4.99. The Morgan fingerprint density at radius 2 is 1.94 bits per heavy atom. The SMILES string of the molecule is Cc1ccc(F)cc1C(N)C1CC2CC2C1. The monoisotopic (exact) mass is 219 g/mol. The normalized spacial score (nSPS) is 33.6. The number of rotatable bonds is 2. The first-order chi connectivity index (χ1) is 7.65. The highest BCUT2D eigenvalue weighted by atomic mass is 19.1. The van der Waals surface area contributed by atoms with Crippen LogP contribution in [0.2, 0.25) is 0 Å². The van der Waals surface area contributed by atoms with Gasteiger partial charge in [0.15, 0.2) is 0 Å². The van der Waals surface area contributed by atoms with E-state index in [1.165, 1.54) is 25.3 Å². The predicted molar refractivity (Wildman–Crippen MR) is 62.4 cm³/mol. The van der Waals surface area contributed by atoms with Crippen molar-refractivity contribution in [2.24, 2.45) is 23.5 Å². The van der Waals surface area contributed by atoms with Crippen molar-refractivity contribution < 1.29 is 4.39 Å². The molecule has 1 aromatic rings. The van der Waals surface area contributed by atoms with Gasteiger partial charge in [0.25, 0.3) is 0 Å². The van der Waals surface area contributed by atoms with E-state index in [0.717, 1.165) is 23.0 Å². The first kappa shape index (κ1) is 10.3. The van der Waals surface area contributed by atoms with Crippen molar-refractivity contribution in [3.8, 4) is 0 Å². The molecule has 86 valence electrons. The van der Waals surface area contributed by atoms with Gasteiger partial charge in [0.2, 0.25) is 0 Å². The Kier molecular flexibility index (Phi) is 2.28. The van der Waals surface area contributed by atoms with Crippen molar-refractivity contribution >= 4 is 0 Å². The standard InChI is InChI=1S/C14H18FN/c1-8-2-3-12(15)7-13(8)14(16)11-5-9-4-10(9)6-11/h2-3,7,9-11,14H,4-6,16H2,1H3. The second-order valence-electron chi connectivity index (χ2n) is 5.51. The third-order valence-corrected chi connectivity index (χ3v) is 4.39. The molecule has 0 radical (unpaired) electrons. The van der Waals surface area contributed by atoms with Crippen molar-refractivity contribution in [3.05, 3.63) is 35.1 Å². The maximum atomic E-state index is 13.2. The maximum Gasteiger partial charge on any atom is 0.123 e. The third kappa shape index (κ3) is 1.65. The van der Waals surface area contributed by atoms with Crippen LogP contribution < -0.4 is 5.73 Å². The van der Waals surface area contributed by atoms with Crippen molar-refractivity contribution in [3.63, 3.8) is 0 Å². The fourth-order valence-corrected chi connectivity index (χ4v) is 3.28. The number of fused-ring (bicyclic) bond motifs is 1. The van der Waals surface area contributed by atoms with Gasteiger partial charge in [-0.15, -0.1) is 0 Å². The van der Waals surface area contributed by atoms with Gasteiger partial charge in [-0.3, -0.25) is 0 Å². The van der Waals surface area contributed by atoms with E-state index >= 15 is 0 Å². The first-order valence-electron chi connectivity index (χ1n) is 6.17. The quantitative estimate of drug-likeness (QED) is 0.812. The van der Waals surface area contributed by atoms with Crippen LogP contribution in [-0.2, 0) is 0 Å². The van der Waals surface area contributed by atoms with Gasteiger partial charge in [0.1, 0.15) is 5.82 Å². The average molecular weight is 219 g/mol. The zero-order valence-electron chi connectivity index (χ0n) is 9.62. The highest BCUT2D eigenvalue weighted by Gasteiger charge is 2.47. The molecule has 2 fully saturated rings. The fraction of sp³-hybridized carbons (Fsp3) is 0.571. The highest BCUT2D eigenvalue weighted by molar-refractivity contribution is 5.30. The molecule has 2 N–H and O–H groups in total. The molecule has 2 aliphatic carbocycles. The van der Waals surface area contributed by atoms with Crippen molar-refractivity contribution in [1.29, 1.82) is 0 Å². The highest BCUT2D eigenvalue weighted by Crippen LogP contribution is 2.56. The lowest BCUT2D eigenvalue weighted by Gasteiger charge is -2.22. The molecule has 2 saturated carbocycles. The lowest BCUT2D eigenvalue weighted by molar-refractivity contribution is 0.402. The summed E-state index contributed by atoms with van der Waals surface area (Å²) in [5, 5.41) is 0. The van der Waals surface area contributed by atoms with Crippen LogP contribution in [0.15, 0.2) is 18.2 Å². The van der Waals surface area contributed by atoms with Crippen molar-refractivity contribution in [2.45, 2.75) is 32.2 Å². The van der Waals surface area contributed by atoms with Gasteiger partial charge in [-0.25, -0.2) is 4.39 Å². The number of hydrogen-bond acceptors (Lipinski definition) is 1. The summed E-state index contributed by atoms with van der Waals surface area (Å²) in [5.74, 6) is 2.28. The third-order valence-electron chi connectivity index (χ3n) is 4.39. The molecule has 1 aromatic carbocycles. The number of benzene rings is 1. The van der Waals surface area contributed by atoms with Crippen molar-refractivity contribution in [1.82, 2.24) is 0 Å². The molecule has 0 amide bonds. The zero-order chi connectivity index (χ0) is 11.3. The Morgan fingerprint density at radius 1 is 1.25 bits per heavy atom. The Labute approximate surface area is 95.8 Å². The molecule has 0 spiro atoms. The summed E-state index contributed by atoms with van der Waals surface area (Å²) in [5.41, 5.74) is 8.41. The molecule has 0 aliphatic heterocycles. The smallest absolute Gasteiger partial charge is 0.123 e. The van der Waals surface area contributed by atoms with Gasteiger partial charge in [0, 0.05) is 6.04 Å². The van der Waals surface area contributed by atoms with Crippen LogP contribution in [0.1, 0.15) is 36.4 Å². The van der Waals surface area contributed by atoms with Crippen LogP contribution in [0.3, 0.4) is 0 Å².